The van der Waals surface area contributed by atoms with Crippen LogP contribution < -0.4 is 11.4 Å². The Kier molecular flexibility index (Phi) is 1.18. The molecule has 2 N–H and O–H groups in total. The summed E-state index contributed by atoms with van der Waals surface area (Å²) in [4.78, 5) is 15.2. The molecule has 0 saturated heterocycles. The standard InChI is InChI=1S/C6H7N5O/c1-10-4(7)2-5-8-3-9-11(5)6(10)12/h2-3H,7H2,1H3. The number of nitrogen functional groups attached to an aromatic ring is 1. The predicted octanol–water partition coefficient (Wildman–Crippen LogP) is -0.990. The average molecular weight is 165 g/mol. The van der Waals surface area contributed by atoms with E-state index in [9.17, 15) is 4.79 Å². The molecule has 12 heavy (non-hydrogen) atoms. The van der Waals surface area contributed by atoms with E-state index in [1.807, 2.05) is 0 Å². The largest absolute Gasteiger partial charge is 0.385 e. The highest BCUT2D eigenvalue weighted by atomic mass is 16.2. The van der Waals surface area contributed by atoms with E-state index >= 15 is 0 Å². The van der Waals surface area contributed by atoms with Crippen molar-refractivity contribution in [1.82, 2.24) is 19.2 Å². The Bertz CT molecular complexity index is 482. The first-order chi connectivity index (χ1) is 5.70. The number of fused-ring (bicyclic) bond motifs is 1. The fourth-order valence-corrected chi connectivity index (χ4v) is 0.978. The van der Waals surface area contributed by atoms with E-state index in [1.54, 1.807) is 13.1 Å². The number of nitrogens with two attached hydrogens (primary N) is 1. The summed E-state index contributed by atoms with van der Waals surface area (Å²) in [5, 5.41) is 3.74. The molecule has 0 atom stereocenters. The summed E-state index contributed by atoms with van der Waals surface area (Å²) in [6.45, 7) is 0. The van der Waals surface area contributed by atoms with E-state index in [2.05, 4.69) is 10.1 Å². The molecular formula is C6H7N5O. The van der Waals surface area contributed by atoms with Crippen LogP contribution in [0.15, 0.2) is 17.2 Å². The van der Waals surface area contributed by atoms with Gasteiger partial charge in [-0.15, -0.1) is 0 Å². The van der Waals surface area contributed by atoms with Crippen LogP contribution in [-0.2, 0) is 7.05 Å². The summed E-state index contributed by atoms with van der Waals surface area (Å²) in [5.41, 5.74) is 5.71. The van der Waals surface area contributed by atoms with Crippen molar-refractivity contribution < 1.29 is 0 Å². The lowest BCUT2D eigenvalue weighted by Crippen LogP contribution is -2.26. The topological polar surface area (TPSA) is 78.2 Å². The summed E-state index contributed by atoms with van der Waals surface area (Å²) in [6.07, 6.45) is 1.32. The monoisotopic (exact) mass is 165 g/mol. The van der Waals surface area contributed by atoms with Crippen molar-refractivity contribution in [1.29, 1.82) is 0 Å². The molecule has 0 radical (unpaired) electrons. The maximum absolute atomic E-state index is 11.4. The van der Waals surface area contributed by atoms with E-state index in [1.165, 1.54) is 15.4 Å². The lowest BCUT2D eigenvalue weighted by Gasteiger charge is -2.01. The minimum Gasteiger partial charge on any atom is -0.385 e. The minimum absolute atomic E-state index is 0.289. The van der Waals surface area contributed by atoms with Gasteiger partial charge in [-0.3, -0.25) is 4.57 Å². The molecule has 6 nitrogen and oxygen atoms in total. The Morgan fingerprint density at radius 1 is 1.58 bits per heavy atom. The van der Waals surface area contributed by atoms with Gasteiger partial charge in [0.15, 0.2) is 5.65 Å². The fourth-order valence-electron chi connectivity index (χ4n) is 0.978. The second-order valence-electron chi connectivity index (χ2n) is 2.44. The maximum Gasteiger partial charge on any atom is 0.352 e. The van der Waals surface area contributed by atoms with Crippen LogP contribution in [0.3, 0.4) is 0 Å². The van der Waals surface area contributed by atoms with Crippen LogP contribution in [0, 0.1) is 0 Å². The van der Waals surface area contributed by atoms with Crippen LogP contribution in [0.1, 0.15) is 0 Å². The molecule has 2 aromatic rings. The molecule has 0 aliphatic heterocycles. The zero-order valence-electron chi connectivity index (χ0n) is 6.43. The van der Waals surface area contributed by atoms with Crippen LogP contribution in [0.2, 0.25) is 0 Å². The van der Waals surface area contributed by atoms with Gasteiger partial charge in [-0.25, -0.2) is 9.78 Å². The fraction of sp³-hybridized carbons (Fsp3) is 0.167. The molecule has 0 amide bonds. The predicted molar refractivity (Wildman–Crippen MR) is 42.6 cm³/mol. The van der Waals surface area contributed by atoms with Gasteiger partial charge in [-0.2, -0.15) is 9.61 Å². The molecule has 6 heteroatoms. The second kappa shape index (κ2) is 2.07. The molecule has 0 aliphatic carbocycles. The Labute approximate surface area is 67.3 Å². The molecule has 0 saturated carbocycles. The molecule has 2 aromatic heterocycles. The number of anilines is 1. The third-order valence-electron chi connectivity index (χ3n) is 1.71. The molecular weight excluding hydrogens is 158 g/mol. The number of hydrogen-bond acceptors (Lipinski definition) is 4. The van der Waals surface area contributed by atoms with Crippen molar-refractivity contribution in [3.63, 3.8) is 0 Å². The minimum atomic E-state index is -0.289. The SMILES string of the molecule is Cn1c(N)cc2ncnn2c1=O. The Morgan fingerprint density at radius 2 is 2.33 bits per heavy atom. The number of rotatable bonds is 0. The lowest BCUT2D eigenvalue weighted by molar-refractivity contribution is 0.753. The van der Waals surface area contributed by atoms with Crippen molar-refractivity contribution in [2.45, 2.75) is 0 Å². The molecule has 0 spiro atoms. The highest BCUT2D eigenvalue weighted by Crippen LogP contribution is 1.99. The van der Waals surface area contributed by atoms with Crippen molar-refractivity contribution in [2.75, 3.05) is 5.73 Å². The van der Waals surface area contributed by atoms with Gasteiger partial charge in [-0.1, -0.05) is 0 Å². The van der Waals surface area contributed by atoms with Gasteiger partial charge in [0.1, 0.15) is 12.1 Å². The van der Waals surface area contributed by atoms with E-state index < -0.39 is 0 Å². The van der Waals surface area contributed by atoms with Gasteiger partial charge >= 0.3 is 5.69 Å². The quantitative estimate of drug-likeness (QED) is 0.543. The second-order valence-corrected chi connectivity index (χ2v) is 2.44. The normalized spacial score (nSPS) is 10.8. The molecule has 62 valence electrons. The van der Waals surface area contributed by atoms with Crippen molar-refractivity contribution in [2.24, 2.45) is 7.05 Å². The van der Waals surface area contributed by atoms with Crippen LogP contribution >= 0.6 is 0 Å². The lowest BCUT2D eigenvalue weighted by atomic mass is 10.5. The third-order valence-corrected chi connectivity index (χ3v) is 1.71. The van der Waals surface area contributed by atoms with Crippen molar-refractivity contribution in [3.8, 4) is 0 Å². The molecule has 0 bridgehead atoms. The van der Waals surface area contributed by atoms with Crippen LogP contribution in [0.5, 0.6) is 0 Å². The van der Waals surface area contributed by atoms with E-state index in [4.69, 9.17) is 5.73 Å². The molecule has 2 rings (SSSR count). The third kappa shape index (κ3) is 0.714. The smallest absolute Gasteiger partial charge is 0.352 e. The van der Waals surface area contributed by atoms with Gasteiger partial charge in [0.05, 0.1) is 0 Å². The Hall–Kier alpha value is -1.85. The van der Waals surface area contributed by atoms with Crippen LogP contribution in [-0.4, -0.2) is 19.2 Å². The number of hydrogen-bond donors (Lipinski definition) is 1. The number of aromatic nitrogens is 4. The highest BCUT2D eigenvalue weighted by Gasteiger charge is 2.03. The molecule has 0 aromatic carbocycles. The first kappa shape index (κ1) is 6.84. The zero-order valence-corrected chi connectivity index (χ0v) is 6.43. The maximum atomic E-state index is 11.4. The van der Waals surface area contributed by atoms with Crippen molar-refractivity contribution >= 4 is 11.5 Å². The van der Waals surface area contributed by atoms with Crippen LogP contribution in [0.4, 0.5) is 5.82 Å². The van der Waals surface area contributed by atoms with Gasteiger partial charge in [0.25, 0.3) is 0 Å². The zero-order chi connectivity index (χ0) is 8.72. The van der Waals surface area contributed by atoms with Gasteiger partial charge in [0, 0.05) is 13.1 Å². The van der Waals surface area contributed by atoms with E-state index in [0.717, 1.165) is 0 Å². The van der Waals surface area contributed by atoms with Crippen molar-refractivity contribution in [3.05, 3.63) is 22.9 Å². The summed E-state index contributed by atoms with van der Waals surface area (Å²) in [7, 11) is 1.58. The summed E-state index contributed by atoms with van der Waals surface area (Å²) in [6, 6.07) is 1.59. The molecule has 0 fully saturated rings. The Morgan fingerprint density at radius 3 is 3.08 bits per heavy atom. The van der Waals surface area contributed by atoms with Gasteiger partial charge in [0.2, 0.25) is 0 Å². The summed E-state index contributed by atoms with van der Waals surface area (Å²) >= 11 is 0. The number of nitrogens with zero attached hydrogens (tertiary/aromatic N) is 4. The van der Waals surface area contributed by atoms with Crippen LogP contribution in [0.25, 0.3) is 5.65 Å². The Balaban J connectivity index is 3.05. The summed E-state index contributed by atoms with van der Waals surface area (Å²) < 4.78 is 2.50. The van der Waals surface area contributed by atoms with Gasteiger partial charge < -0.3 is 5.73 Å². The molecule has 0 aliphatic rings. The highest BCUT2D eigenvalue weighted by molar-refractivity contribution is 5.45. The van der Waals surface area contributed by atoms with E-state index in [-0.39, 0.29) is 5.69 Å². The van der Waals surface area contributed by atoms with Gasteiger partial charge in [-0.05, 0) is 0 Å². The molecule has 0 unspecified atom stereocenters. The summed E-state index contributed by atoms with van der Waals surface area (Å²) in [5.74, 6) is 0.375. The van der Waals surface area contributed by atoms with E-state index in [0.29, 0.717) is 11.5 Å². The molecule has 2 heterocycles. The average Bonchev–Trinajstić information content (AvgIpc) is 2.48. The first-order valence-electron chi connectivity index (χ1n) is 3.35. The first-order valence-corrected chi connectivity index (χ1v) is 3.35.